The number of aromatic nitrogens is 1. The first kappa shape index (κ1) is 28.6. The highest BCUT2D eigenvalue weighted by molar-refractivity contribution is 6.10. The van der Waals surface area contributed by atoms with Crippen molar-refractivity contribution in [1.82, 2.24) is 4.57 Å². The van der Waals surface area contributed by atoms with Crippen LogP contribution in [0.25, 0.3) is 38.6 Å². The van der Waals surface area contributed by atoms with Crippen LogP contribution < -0.4 is 4.74 Å². The first-order chi connectivity index (χ1) is 20.2. The molecule has 4 aromatic carbocycles. The lowest BCUT2D eigenvalue weighted by atomic mass is 9.75. The molecule has 0 bridgehead atoms. The van der Waals surface area contributed by atoms with E-state index in [-0.39, 0.29) is 22.2 Å². The largest absolute Gasteiger partial charge is 0.461 e. The van der Waals surface area contributed by atoms with E-state index >= 15 is 0 Å². The lowest BCUT2D eigenvalue weighted by molar-refractivity contribution is -0.142. The number of hydrogen-bond acceptors (Lipinski definition) is 1. The Hall–Kier alpha value is -4.46. The molecule has 1 aromatic heterocycles. The average Bonchev–Trinajstić information content (AvgIpc) is 3.26. The molecule has 220 valence electrons. The number of ether oxygens (including phenoxy) is 1. The van der Waals surface area contributed by atoms with Gasteiger partial charge in [0, 0.05) is 27.3 Å². The number of benzene rings is 4. The summed E-state index contributed by atoms with van der Waals surface area (Å²) >= 11 is 0. The van der Waals surface area contributed by atoms with E-state index in [0.717, 1.165) is 22.3 Å². The maximum Gasteiger partial charge on any atom is 0.418 e. The van der Waals surface area contributed by atoms with Crippen molar-refractivity contribution in [2.45, 2.75) is 45.5 Å². The van der Waals surface area contributed by atoms with Crippen LogP contribution in [-0.4, -0.2) is 4.57 Å². The molecule has 0 amide bonds. The first-order valence-corrected chi connectivity index (χ1v) is 13.7. The molecule has 0 N–H and O–H groups in total. The summed E-state index contributed by atoms with van der Waals surface area (Å²) in [7, 11) is 0. The van der Waals surface area contributed by atoms with Crippen LogP contribution in [0.1, 0.15) is 44.4 Å². The quantitative estimate of drug-likeness (QED) is 0.190. The minimum atomic E-state index is -5.09. The van der Waals surface area contributed by atoms with Gasteiger partial charge >= 0.3 is 12.4 Å². The van der Waals surface area contributed by atoms with E-state index in [0.29, 0.717) is 27.8 Å². The highest BCUT2D eigenvalue weighted by atomic mass is 19.4. The van der Waals surface area contributed by atoms with E-state index in [1.807, 2.05) is 39.8 Å². The van der Waals surface area contributed by atoms with Crippen LogP contribution in [0.15, 0.2) is 102 Å². The van der Waals surface area contributed by atoms with Gasteiger partial charge in [-0.1, -0.05) is 74.5 Å². The molecule has 0 radical (unpaired) electrons. The Morgan fingerprint density at radius 3 is 1.93 bits per heavy atom. The molecule has 0 fully saturated rings. The predicted octanol–water partition coefficient (Wildman–Crippen LogP) is 11.0. The Morgan fingerprint density at radius 2 is 1.33 bits per heavy atom. The zero-order valence-electron chi connectivity index (χ0n) is 23.8. The predicted molar refractivity (Wildman–Crippen MR) is 157 cm³/mol. The van der Waals surface area contributed by atoms with Gasteiger partial charge in [0.05, 0.1) is 27.8 Å². The van der Waals surface area contributed by atoms with Crippen molar-refractivity contribution in [2.75, 3.05) is 0 Å². The van der Waals surface area contributed by atoms with Crippen molar-refractivity contribution in [3.8, 4) is 22.6 Å². The Labute approximate surface area is 244 Å². The second-order valence-corrected chi connectivity index (χ2v) is 11.2. The number of fused-ring (bicyclic) bond motifs is 4. The summed E-state index contributed by atoms with van der Waals surface area (Å²) in [4.78, 5) is 0. The third kappa shape index (κ3) is 4.60. The number of alkyl halides is 6. The van der Waals surface area contributed by atoms with Gasteiger partial charge in [0.1, 0.15) is 11.5 Å². The van der Waals surface area contributed by atoms with Crippen molar-refractivity contribution in [2.24, 2.45) is 0 Å². The number of hydrogen-bond donors (Lipinski definition) is 0. The standard InChI is InChI=1S/C35H27F6NO/c1-5-11-25-20(2)43-31-18-24-23-14-9-10-15-29(23)42(30(24)19-26(31)33(25,3)4)32-27(34(36,37)38)16-22(17-28(32)35(39,40)41)21-12-7-6-8-13-21/h5-19H,1-4H3/b11-5-. The molecule has 6 rings (SSSR count). The summed E-state index contributed by atoms with van der Waals surface area (Å²) < 4.78 is 96.5. The Balaban J connectivity index is 1.78. The second-order valence-electron chi connectivity index (χ2n) is 11.2. The van der Waals surface area contributed by atoms with Crippen LogP contribution in [-0.2, 0) is 17.8 Å². The highest BCUT2D eigenvalue weighted by Gasteiger charge is 2.43. The zero-order chi connectivity index (χ0) is 30.9. The van der Waals surface area contributed by atoms with Gasteiger partial charge in [-0.3, -0.25) is 0 Å². The van der Waals surface area contributed by atoms with Gasteiger partial charge in [0.25, 0.3) is 0 Å². The van der Waals surface area contributed by atoms with Crippen LogP contribution in [0.3, 0.4) is 0 Å². The van der Waals surface area contributed by atoms with E-state index in [4.69, 9.17) is 4.74 Å². The molecule has 0 atom stereocenters. The zero-order valence-corrected chi connectivity index (χ0v) is 23.8. The fourth-order valence-corrected chi connectivity index (χ4v) is 6.21. The monoisotopic (exact) mass is 591 g/mol. The first-order valence-electron chi connectivity index (χ1n) is 13.7. The van der Waals surface area contributed by atoms with Crippen LogP contribution in [0.4, 0.5) is 26.3 Å². The molecule has 8 heteroatoms. The molecule has 0 spiro atoms. The van der Waals surface area contributed by atoms with Crippen LogP contribution in [0.2, 0.25) is 0 Å². The van der Waals surface area contributed by atoms with E-state index in [1.54, 1.807) is 54.6 Å². The number of nitrogens with zero attached hydrogens (tertiary/aromatic N) is 1. The Kier molecular flexibility index (Phi) is 6.53. The SMILES string of the molecule is C/C=C\C1=C(C)Oc2cc3c4ccccc4n(-c4c(C(F)(F)F)cc(-c5ccccc5)cc4C(F)(F)F)c3cc2C1(C)C. The van der Waals surface area contributed by atoms with Crippen molar-refractivity contribution in [3.05, 3.63) is 119 Å². The maximum absolute atomic E-state index is 14.9. The second kappa shape index (κ2) is 9.79. The lowest BCUT2D eigenvalue weighted by Gasteiger charge is -2.35. The fourth-order valence-electron chi connectivity index (χ4n) is 6.21. The summed E-state index contributed by atoms with van der Waals surface area (Å²) in [5.74, 6) is 1.19. The number of allylic oxidation sites excluding steroid dienone is 4. The summed E-state index contributed by atoms with van der Waals surface area (Å²) in [6.45, 7) is 7.63. The minimum Gasteiger partial charge on any atom is -0.461 e. The van der Waals surface area contributed by atoms with Crippen LogP contribution >= 0.6 is 0 Å². The maximum atomic E-state index is 14.9. The van der Waals surface area contributed by atoms with Gasteiger partial charge in [0.2, 0.25) is 0 Å². The van der Waals surface area contributed by atoms with Gasteiger partial charge in [-0.25, -0.2) is 0 Å². The molecular formula is C35H27F6NO. The third-order valence-electron chi connectivity index (χ3n) is 8.15. The molecule has 2 heterocycles. The summed E-state index contributed by atoms with van der Waals surface area (Å²) in [5, 5.41) is 0.997. The smallest absolute Gasteiger partial charge is 0.418 e. The van der Waals surface area contributed by atoms with Gasteiger partial charge in [-0.05, 0) is 55.3 Å². The third-order valence-corrected chi connectivity index (χ3v) is 8.15. The van der Waals surface area contributed by atoms with Crippen LogP contribution in [0, 0.1) is 0 Å². The van der Waals surface area contributed by atoms with Gasteiger partial charge in [0.15, 0.2) is 0 Å². The van der Waals surface area contributed by atoms with Gasteiger partial charge < -0.3 is 9.30 Å². The van der Waals surface area contributed by atoms with Crippen LogP contribution in [0.5, 0.6) is 5.75 Å². The molecular weight excluding hydrogens is 564 g/mol. The van der Waals surface area contributed by atoms with E-state index in [1.165, 1.54) is 12.1 Å². The molecule has 0 aliphatic carbocycles. The van der Waals surface area contributed by atoms with E-state index < -0.39 is 34.6 Å². The Morgan fingerprint density at radius 1 is 0.721 bits per heavy atom. The topological polar surface area (TPSA) is 14.2 Å². The average molecular weight is 592 g/mol. The highest BCUT2D eigenvalue weighted by Crippen LogP contribution is 2.50. The number of halogens is 6. The lowest BCUT2D eigenvalue weighted by Crippen LogP contribution is -2.26. The van der Waals surface area contributed by atoms with E-state index in [9.17, 15) is 26.3 Å². The minimum absolute atomic E-state index is 0.173. The normalized spacial score (nSPS) is 15.4. The van der Waals surface area contributed by atoms with Crippen molar-refractivity contribution >= 4 is 21.8 Å². The van der Waals surface area contributed by atoms with E-state index in [2.05, 4.69) is 0 Å². The van der Waals surface area contributed by atoms with Crippen molar-refractivity contribution in [1.29, 1.82) is 0 Å². The molecule has 5 aromatic rings. The molecule has 0 saturated carbocycles. The molecule has 0 unspecified atom stereocenters. The van der Waals surface area contributed by atoms with Crippen molar-refractivity contribution in [3.63, 3.8) is 0 Å². The van der Waals surface area contributed by atoms with Gasteiger partial charge in [-0.15, -0.1) is 0 Å². The van der Waals surface area contributed by atoms with Gasteiger partial charge in [-0.2, -0.15) is 26.3 Å². The molecule has 1 aliphatic heterocycles. The Bertz CT molecular complexity index is 1920. The summed E-state index contributed by atoms with van der Waals surface area (Å²) in [5.41, 5.74) is -2.30. The number of para-hydroxylation sites is 1. The molecule has 1 aliphatic rings. The number of rotatable bonds is 3. The summed E-state index contributed by atoms with van der Waals surface area (Å²) in [6, 6.07) is 19.3. The molecule has 0 saturated heterocycles. The summed E-state index contributed by atoms with van der Waals surface area (Å²) in [6.07, 6.45) is -6.41. The van der Waals surface area contributed by atoms with Crippen molar-refractivity contribution < 1.29 is 31.1 Å². The fraction of sp³-hybridized carbons (Fsp3) is 0.200. The molecule has 2 nitrogen and oxygen atoms in total. The molecule has 43 heavy (non-hydrogen) atoms.